The number of nitriles is 1. The van der Waals surface area contributed by atoms with Crippen LogP contribution in [0.5, 0.6) is 11.5 Å². The average Bonchev–Trinajstić information content (AvgIpc) is 3.34. The van der Waals surface area contributed by atoms with Crippen molar-refractivity contribution in [1.82, 2.24) is 19.4 Å². The van der Waals surface area contributed by atoms with E-state index in [4.69, 9.17) is 19.7 Å². The number of piperazine rings is 1. The number of aromatic nitrogens is 3. The summed E-state index contributed by atoms with van der Waals surface area (Å²) in [5.74, 6) is -0.858. The molecule has 1 N–H and O–H groups in total. The standard InChI is InChI=1S/C33H27FN6O4S/c1-33(22-7-5-19(14-35)11-23(22)34)43-29-4-2-3-25(31(29)44-33)39-10-9-38(27-13-28(27)39)17-30-37-24-8-6-20(32(41)42)12-26(24)40(30)16-21-15-36-18-45-21/h2-8,11-12,15,18,27-28H,9-10,13,16-17H2,1H3,(H,41,42)/t27-,28+,33+/m1/s1. The summed E-state index contributed by atoms with van der Waals surface area (Å²) >= 11 is 1.56. The van der Waals surface area contributed by atoms with Gasteiger partial charge in [0.05, 0.1) is 58.1 Å². The van der Waals surface area contributed by atoms with Gasteiger partial charge in [-0.2, -0.15) is 5.26 Å². The molecule has 2 aliphatic heterocycles. The van der Waals surface area contributed by atoms with Crippen molar-refractivity contribution in [3.8, 4) is 17.6 Å². The van der Waals surface area contributed by atoms with E-state index in [1.165, 1.54) is 6.07 Å². The maximum Gasteiger partial charge on any atom is 0.335 e. The summed E-state index contributed by atoms with van der Waals surface area (Å²) in [4.78, 5) is 26.7. The van der Waals surface area contributed by atoms with Gasteiger partial charge in [0.25, 0.3) is 5.79 Å². The van der Waals surface area contributed by atoms with Crippen LogP contribution in [-0.4, -0.2) is 55.7 Å². The molecule has 10 nitrogen and oxygen atoms in total. The van der Waals surface area contributed by atoms with Crippen molar-refractivity contribution in [2.45, 2.75) is 44.3 Å². The number of benzene rings is 3. The van der Waals surface area contributed by atoms with Gasteiger partial charge in [-0.05, 0) is 55.0 Å². The quantitative estimate of drug-likeness (QED) is 0.256. The molecule has 226 valence electrons. The highest BCUT2D eigenvalue weighted by atomic mass is 32.1. The van der Waals surface area contributed by atoms with Gasteiger partial charge >= 0.3 is 5.97 Å². The molecule has 3 aliphatic rings. The van der Waals surface area contributed by atoms with Crippen molar-refractivity contribution in [3.05, 3.63) is 99.5 Å². The third-order valence-electron chi connectivity index (χ3n) is 8.89. The van der Waals surface area contributed by atoms with Crippen molar-refractivity contribution >= 4 is 34.0 Å². The molecule has 1 saturated heterocycles. The van der Waals surface area contributed by atoms with E-state index in [0.717, 1.165) is 46.9 Å². The van der Waals surface area contributed by atoms with Gasteiger partial charge in [0.1, 0.15) is 11.6 Å². The van der Waals surface area contributed by atoms with Gasteiger partial charge in [-0.1, -0.05) is 6.07 Å². The van der Waals surface area contributed by atoms with Crippen LogP contribution < -0.4 is 14.4 Å². The number of carboxylic acids is 1. The Morgan fingerprint density at radius 2 is 2.04 bits per heavy atom. The summed E-state index contributed by atoms with van der Waals surface area (Å²) < 4.78 is 29.7. The van der Waals surface area contributed by atoms with Crippen molar-refractivity contribution in [1.29, 1.82) is 5.26 Å². The largest absolute Gasteiger partial charge is 0.478 e. The van der Waals surface area contributed by atoms with Crippen LogP contribution in [-0.2, 0) is 18.9 Å². The molecule has 5 aromatic rings. The van der Waals surface area contributed by atoms with Crippen LogP contribution in [0.3, 0.4) is 0 Å². The summed E-state index contributed by atoms with van der Waals surface area (Å²) in [7, 11) is 0. The van der Waals surface area contributed by atoms with Crippen LogP contribution in [0.2, 0.25) is 0 Å². The number of hydrogen-bond acceptors (Lipinski definition) is 9. The van der Waals surface area contributed by atoms with Crippen LogP contribution >= 0.6 is 11.3 Å². The van der Waals surface area contributed by atoms with E-state index in [-0.39, 0.29) is 22.7 Å². The number of carboxylic acid groups (broad SMARTS) is 1. The van der Waals surface area contributed by atoms with E-state index in [1.54, 1.807) is 54.1 Å². The molecule has 2 aromatic heterocycles. The minimum absolute atomic E-state index is 0.231. The highest BCUT2D eigenvalue weighted by molar-refractivity contribution is 7.09. The first-order valence-electron chi connectivity index (χ1n) is 14.6. The van der Waals surface area contributed by atoms with Crippen LogP contribution in [0.25, 0.3) is 11.0 Å². The first kappa shape index (κ1) is 27.6. The number of ether oxygens (including phenoxy) is 2. The average molecular weight is 623 g/mol. The highest BCUT2D eigenvalue weighted by Gasteiger charge is 2.51. The number of hydrogen-bond donors (Lipinski definition) is 1. The number of thiazole rings is 1. The van der Waals surface area contributed by atoms with Gasteiger partial charge in [0.2, 0.25) is 0 Å². The monoisotopic (exact) mass is 622 g/mol. The lowest BCUT2D eigenvalue weighted by Crippen LogP contribution is -2.46. The highest BCUT2D eigenvalue weighted by Crippen LogP contribution is 2.52. The number of fused-ring (bicyclic) bond motifs is 3. The maximum absolute atomic E-state index is 15.0. The van der Waals surface area contributed by atoms with Gasteiger partial charge in [-0.25, -0.2) is 14.2 Å². The Morgan fingerprint density at radius 1 is 1.16 bits per heavy atom. The Balaban J connectivity index is 1.04. The van der Waals surface area contributed by atoms with Gasteiger partial charge in [0, 0.05) is 43.2 Å². The summed E-state index contributed by atoms with van der Waals surface area (Å²) in [6, 6.07) is 17.7. The van der Waals surface area contributed by atoms with E-state index in [9.17, 15) is 14.3 Å². The second-order valence-corrected chi connectivity index (χ2v) is 12.7. The zero-order valence-electron chi connectivity index (χ0n) is 24.2. The van der Waals surface area contributed by atoms with Gasteiger partial charge in [-0.3, -0.25) is 9.88 Å². The van der Waals surface area contributed by atoms with Crippen molar-refractivity contribution in [2.24, 2.45) is 0 Å². The fraction of sp³-hybridized carbons (Fsp3) is 0.273. The van der Waals surface area contributed by atoms with Gasteiger partial charge < -0.3 is 24.0 Å². The number of rotatable bonds is 7. The minimum Gasteiger partial charge on any atom is -0.478 e. The predicted molar refractivity (Wildman–Crippen MR) is 164 cm³/mol. The number of carbonyl (C=O) groups is 1. The second kappa shape index (κ2) is 10.3. The van der Waals surface area contributed by atoms with Crippen LogP contribution in [0, 0.1) is 17.1 Å². The molecule has 8 rings (SSSR count). The minimum atomic E-state index is -1.36. The number of halogens is 1. The topological polar surface area (TPSA) is 117 Å². The summed E-state index contributed by atoms with van der Waals surface area (Å²) in [6.07, 6.45) is 2.81. The number of anilines is 1. The Labute approximate surface area is 261 Å². The molecule has 3 aromatic carbocycles. The lowest BCUT2D eigenvalue weighted by molar-refractivity contribution is -0.0705. The zero-order chi connectivity index (χ0) is 30.9. The third-order valence-corrected chi connectivity index (χ3v) is 9.66. The summed E-state index contributed by atoms with van der Waals surface area (Å²) in [6.45, 7) is 4.43. The Morgan fingerprint density at radius 3 is 2.82 bits per heavy atom. The molecule has 0 bridgehead atoms. The van der Waals surface area contributed by atoms with E-state index >= 15 is 0 Å². The number of aromatic carboxylic acids is 1. The first-order chi connectivity index (χ1) is 21.8. The molecule has 1 aliphatic carbocycles. The molecule has 0 amide bonds. The predicted octanol–water partition coefficient (Wildman–Crippen LogP) is 5.36. The molecule has 45 heavy (non-hydrogen) atoms. The number of para-hydroxylation sites is 1. The van der Waals surface area contributed by atoms with Crippen LogP contribution in [0.1, 0.15) is 45.5 Å². The normalized spacial score (nSPS) is 21.9. The van der Waals surface area contributed by atoms with Gasteiger partial charge in [0.15, 0.2) is 11.5 Å². The SMILES string of the molecule is C[C@]1(c2ccc(C#N)cc2F)Oc2cccc(N3CCN(Cc4nc5ccc(C(=O)O)cc5n4Cc4cncs4)[C@@H]4C[C@@H]43)c2O1. The smallest absolute Gasteiger partial charge is 0.335 e. The Kier molecular flexibility index (Phi) is 6.30. The van der Waals surface area contributed by atoms with E-state index in [2.05, 4.69) is 19.4 Å². The molecule has 12 heteroatoms. The van der Waals surface area contributed by atoms with E-state index in [1.807, 2.05) is 30.5 Å². The lowest BCUT2D eigenvalue weighted by atomic mass is 10.0. The van der Waals surface area contributed by atoms with E-state index < -0.39 is 17.6 Å². The van der Waals surface area contributed by atoms with Crippen molar-refractivity contribution < 1.29 is 23.8 Å². The fourth-order valence-corrected chi connectivity index (χ4v) is 7.20. The molecular weight excluding hydrogens is 595 g/mol. The zero-order valence-corrected chi connectivity index (χ0v) is 25.0. The third kappa shape index (κ3) is 4.67. The Bertz CT molecular complexity index is 2020. The molecule has 2 fully saturated rings. The Hall–Kier alpha value is -4.99. The molecule has 0 unspecified atom stereocenters. The molecule has 0 radical (unpaired) electrons. The fourth-order valence-electron chi connectivity index (χ4n) is 6.62. The maximum atomic E-state index is 15.0. The van der Waals surface area contributed by atoms with Crippen molar-refractivity contribution in [3.63, 3.8) is 0 Å². The summed E-state index contributed by atoms with van der Waals surface area (Å²) in [5, 5.41) is 18.7. The first-order valence-corrected chi connectivity index (χ1v) is 15.5. The molecule has 0 spiro atoms. The van der Waals surface area contributed by atoms with Crippen molar-refractivity contribution in [2.75, 3.05) is 18.0 Å². The lowest BCUT2D eigenvalue weighted by Gasteiger charge is -2.36. The second-order valence-electron chi connectivity index (χ2n) is 11.7. The summed E-state index contributed by atoms with van der Waals surface area (Å²) in [5.41, 5.74) is 4.97. The number of nitrogens with zero attached hydrogens (tertiary/aromatic N) is 6. The van der Waals surface area contributed by atoms with Gasteiger partial charge in [-0.15, -0.1) is 11.3 Å². The van der Waals surface area contributed by atoms with Crippen LogP contribution in [0.4, 0.5) is 10.1 Å². The molecular formula is C33H27FN6O4S. The van der Waals surface area contributed by atoms with E-state index in [0.29, 0.717) is 30.6 Å². The number of imidazole rings is 1. The molecule has 3 atom stereocenters. The molecule has 4 heterocycles. The molecule has 1 saturated carbocycles. The van der Waals surface area contributed by atoms with Crippen LogP contribution in [0.15, 0.2) is 66.3 Å².